The number of aryl methyl sites for hydroxylation is 2. The lowest BCUT2D eigenvalue weighted by atomic mass is 9.98. The van der Waals surface area contributed by atoms with Gasteiger partial charge in [0.1, 0.15) is 11.6 Å². The monoisotopic (exact) mass is 254 g/mol. The molecule has 1 N–H and O–H groups in total. The maximum atomic E-state index is 4.67. The third-order valence-electron chi connectivity index (χ3n) is 3.82. The van der Waals surface area contributed by atoms with Crippen LogP contribution in [0.3, 0.4) is 0 Å². The fourth-order valence-corrected chi connectivity index (χ4v) is 2.91. The van der Waals surface area contributed by atoms with Gasteiger partial charge in [0.2, 0.25) is 0 Å². The highest BCUT2D eigenvalue weighted by Crippen LogP contribution is 2.37. The molecule has 0 radical (unpaired) electrons. The Kier molecular flexibility index (Phi) is 2.93. The summed E-state index contributed by atoms with van der Waals surface area (Å²) in [5.74, 6) is 2.05. The number of hydrogen-bond donors (Lipinski definition) is 1. The van der Waals surface area contributed by atoms with E-state index < -0.39 is 0 Å². The number of hydrogen-bond acceptors (Lipinski definition) is 4. The average Bonchev–Trinajstić information content (AvgIpc) is 2.85. The maximum Gasteiger partial charge on any atom is 0.132 e. The standard InChI is InChI=1S/C15H18N4/c1-9-13(18-10(2)19-15(9)16-3)12-7-6-11-5-4-8-17-14(11)12/h4-5,8,12H,6-7H2,1-3H3,(H,16,18,19). The minimum atomic E-state index is 0.310. The second-order valence-electron chi connectivity index (χ2n) is 5.02. The van der Waals surface area contributed by atoms with Crippen LogP contribution in [0.4, 0.5) is 5.82 Å². The minimum Gasteiger partial charge on any atom is -0.373 e. The molecule has 4 nitrogen and oxygen atoms in total. The van der Waals surface area contributed by atoms with Gasteiger partial charge in [-0.1, -0.05) is 6.07 Å². The van der Waals surface area contributed by atoms with E-state index in [1.54, 1.807) is 0 Å². The SMILES string of the molecule is CNc1nc(C)nc(C2CCc3cccnc32)c1C. The van der Waals surface area contributed by atoms with Crippen LogP contribution in [0.2, 0.25) is 0 Å². The molecule has 0 fully saturated rings. The lowest BCUT2D eigenvalue weighted by Gasteiger charge is -2.16. The summed E-state index contributed by atoms with van der Waals surface area (Å²) >= 11 is 0. The van der Waals surface area contributed by atoms with E-state index in [0.717, 1.165) is 35.7 Å². The molecule has 3 rings (SSSR count). The van der Waals surface area contributed by atoms with Crippen molar-refractivity contribution in [1.29, 1.82) is 0 Å². The normalized spacial score (nSPS) is 17.3. The largest absolute Gasteiger partial charge is 0.373 e. The lowest BCUT2D eigenvalue weighted by molar-refractivity contribution is 0.729. The van der Waals surface area contributed by atoms with Crippen LogP contribution in [0.1, 0.15) is 40.7 Å². The molecule has 0 aliphatic heterocycles. The number of nitrogens with zero attached hydrogens (tertiary/aromatic N) is 3. The molecule has 2 aromatic rings. The van der Waals surface area contributed by atoms with Gasteiger partial charge in [-0.25, -0.2) is 9.97 Å². The van der Waals surface area contributed by atoms with Crippen LogP contribution in [-0.2, 0) is 6.42 Å². The van der Waals surface area contributed by atoms with Crippen molar-refractivity contribution in [2.75, 3.05) is 12.4 Å². The molecule has 0 saturated carbocycles. The first-order chi connectivity index (χ1) is 9.20. The zero-order chi connectivity index (χ0) is 13.4. The van der Waals surface area contributed by atoms with E-state index >= 15 is 0 Å². The summed E-state index contributed by atoms with van der Waals surface area (Å²) in [5.41, 5.74) is 4.80. The van der Waals surface area contributed by atoms with Crippen molar-refractivity contribution >= 4 is 5.82 Å². The van der Waals surface area contributed by atoms with Gasteiger partial charge in [0.25, 0.3) is 0 Å². The number of pyridine rings is 1. The van der Waals surface area contributed by atoms with Crippen molar-refractivity contribution in [2.45, 2.75) is 32.6 Å². The van der Waals surface area contributed by atoms with Crippen molar-refractivity contribution in [3.05, 3.63) is 46.7 Å². The zero-order valence-corrected chi connectivity index (χ0v) is 11.6. The molecular formula is C15H18N4. The third-order valence-corrected chi connectivity index (χ3v) is 3.82. The van der Waals surface area contributed by atoms with Crippen LogP contribution >= 0.6 is 0 Å². The molecule has 19 heavy (non-hydrogen) atoms. The molecular weight excluding hydrogens is 236 g/mol. The van der Waals surface area contributed by atoms with Gasteiger partial charge in [-0.3, -0.25) is 4.98 Å². The molecule has 0 saturated heterocycles. The Morgan fingerprint density at radius 3 is 2.84 bits per heavy atom. The van der Waals surface area contributed by atoms with E-state index in [-0.39, 0.29) is 0 Å². The predicted octanol–water partition coefficient (Wildman–Crippen LogP) is 2.61. The van der Waals surface area contributed by atoms with E-state index in [9.17, 15) is 0 Å². The summed E-state index contributed by atoms with van der Waals surface area (Å²) < 4.78 is 0. The summed E-state index contributed by atoms with van der Waals surface area (Å²) in [4.78, 5) is 13.7. The fourth-order valence-electron chi connectivity index (χ4n) is 2.91. The summed E-state index contributed by atoms with van der Waals surface area (Å²) in [7, 11) is 1.90. The highest BCUT2D eigenvalue weighted by Gasteiger charge is 2.28. The first-order valence-electron chi connectivity index (χ1n) is 6.67. The Labute approximate surface area is 113 Å². The second kappa shape index (κ2) is 4.61. The van der Waals surface area contributed by atoms with E-state index in [2.05, 4.69) is 33.3 Å². The van der Waals surface area contributed by atoms with Gasteiger partial charge in [-0.2, -0.15) is 0 Å². The molecule has 1 unspecified atom stereocenters. The van der Waals surface area contributed by atoms with Gasteiger partial charge in [-0.15, -0.1) is 0 Å². The smallest absolute Gasteiger partial charge is 0.132 e. The van der Waals surface area contributed by atoms with E-state index in [0.29, 0.717) is 5.92 Å². The highest BCUT2D eigenvalue weighted by atomic mass is 15.0. The first-order valence-corrected chi connectivity index (χ1v) is 6.67. The van der Waals surface area contributed by atoms with Gasteiger partial charge in [-0.05, 0) is 38.3 Å². The molecule has 0 spiro atoms. The summed E-state index contributed by atoms with van der Waals surface area (Å²) in [6.45, 7) is 4.03. The molecule has 2 aromatic heterocycles. The first kappa shape index (κ1) is 12.1. The topological polar surface area (TPSA) is 50.7 Å². The Hall–Kier alpha value is -1.97. The van der Waals surface area contributed by atoms with Crippen LogP contribution in [0, 0.1) is 13.8 Å². The van der Waals surface area contributed by atoms with Gasteiger partial charge >= 0.3 is 0 Å². The van der Waals surface area contributed by atoms with E-state index in [1.165, 1.54) is 11.3 Å². The molecule has 1 atom stereocenters. The summed E-state index contributed by atoms with van der Waals surface area (Å²) in [6, 6.07) is 4.18. The van der Waals surface area contributed by atoms with Crippen LogP contribution in [0.15, 0.2) is 18.3 Å². The van der Waals surface area contributed by atoms with Crippen LogP contribution in [0.5, 0.6) is 0 Å². The highest BCUT2D eigenvalue weighted by molar-refractivity contribution is 5.49. The van der Waals surface area contributed by atoms with Crippen LogP contribution in [-0.4, -0.2) is 22.0 Å². The number of fused-ring (bicyclic) bond motifs is 1. The number of rotatable bonds is 2. The van der Waals surface area contributed by atoms with Crippen LogP contribution < -0.4 is 5.32 Å². The molecule has 98 valence electrons. The molecule has 0 aromatic carbocycles. The van der Waals surface area contributed by atoms with Gasteiger partial charge < -0.3 is 5.32 Å². The predicted molar refractivity (Wildman–Crippen MR) is 75.5 cm³/mol. The maximum absolute atomic E-state index is 4.67. The molecule has 2 heterocycles. The van der Waals surface area contributed by atoms with Gasteiger partial charge in [0.15, 0.2) is 0 Å². The van der Waals surface area contributed by atoms with Crippen molar-refractivity contribution in [1.82, 2.24) is 15.0 Å². The summed E-state index contributed by atoms with van der Waals surface area (Å²) in [6.07, 6.45) is 4.05. The third kappa shape index (κ3) is 1.97. The molecule has 1 aliphatic rings. The molecule has 0 amide bonds. The minimum absolute atomic E-state index is 0.310. The van der Waals surface area contributed by atoms with E-state index in [1.807, 2.05) is 26.2 Å². The van der Waals surface area contributed by atoms with Gasteiger partial charge in [0.05, 0.1) is 11.4 Å². The fraction of sp³-hybridized carbons (Fsp3) is 0.400. The van der Waals surface area contributed by atoms with Crippen molar-refractivity contribution in [2.24, 2.45) is 0 Å². The molecule has 0 bridgehead atoms. The molecule has 4 heteroatoms. The Morgan fingerprint density at radius 2 is 2.05 bits per heavy atom. The number of nitrogens with one attached hydrogen (secondary N) is 1. The second-order valence-corrected chi connectivity index (χ2v) is 5.02. The summed E-state index contributed by atoms with van der Waals surface area (Å²) in [5, 5.41) is 3.15. The Morgan fingerprint density at radius 1 is 1.21 bits per heavy atom. The van der Waals surface area contributed by atoms with Gasteiger partial charge in [0, 0.05) is 24.7 Å². The van der Waals surface area contributed by atoms with Crippen molar-refractivity contribution in [3.63, 3.8) is 0 Å². The zero-order valence-electron chi connectivity index (χ0n) is 11.6. The van der Waals surface area contributed by atoms with E-state index in [4.69, 9.17) is 0 Å². The lowest BCUT2D eigenvalue weighted by Crippen LogP contribution is -2.09. The van der Waals surface area contributed by atoms with Crippen molar-refractivity contribution < 1.29 is 0 Å². The van der Waals surface area contributed by atoms with Crippen molar-refractivity contribution in [3.8, 4) is 0 Å². The average molecular weight is 254 g/mol. The Balaban J connectivity index is 2.12. The Bertz CT molecular complexity index is 622. The quantitative estimate of drug-likeness (QED) is 0.895. The van der Waals surface area contributed by atoms with Crippen LogP contribution in [0.25, 0.3) is 0 Å². The number of aromatic nitrogens is 3. The number of anilines is 1. The molecule has 1 aliphatic carbocycles.